The van der Waals surface area contributed by atoms with Crippen molar-refractivity contribution in [3.8, 4) is 0 Å². The van der Waals surface area contributed by atoms with Gasteiger partial charge in [-0.15, -0.1) is 4.90 Å². The molecule has 0 bridgehead atoms. The van der Waals surface area contributed by atoms with Gasteiger partial charge < -0.3 is 15.2 Å². The zero-order chi connectivity index (χ0) is 23.1. The first-order valence-electron chi connectivity index (χ1n) is 8.64. The minimum atomic E-state index is -0.899. The van der Waals surface area contributed by atoms with Crippen LogP contribution in [0.25, 0.3) is 0 Å². The van der Waals surface area contributed by atoms with E-state index in [1.54, 1.807) is 53.9 Å². The van der Waals surface area contributed by atoms with Gasteiger partial charge in [-0.25, -0.2) is 29.5 Å². The maximum absolute atomic E-state index is 12.3. The number of halogens is 2. The monoisotopic (exact) mass is 546 g/mol. The molecular weight excluding hydrogens is 524 g/mol. The van der Waals surface area contributed by atoms with E-state index in [9.17, 15) is 9.59 Å². The Labute approximate surface area is 191 Å². The van der Waals surface area contributed by atoms with E-state index in [1.807, 2.05) is 0 Å². The molecule has 12 heteroatoms. The summed E-state index contributed by atoms with van der Waals surface area (Å²) in [6.07, 6.45) is 4.24. The number of nitrogens with two attached hydrogens (primary N) is 1. The van der Waals surface area contributed by atoms with E-state index in [-0.39, 0.29) is 5.95 Å². The van der Waals surface area contributed by atoms with Gasteiger partial charge in [-0.3, -0.25) is 0 Å². The second kappa shape index (κ2) is 10.6. The molecule has 2 aromatic rings. The van der Waals surface area contributed by atoms with Crippen molar-refractivity contribution < 1.29 is 19.1 Å². The fourth-order valence-electron chi connectivity index (χ4n) is 1.60. The molecule has 0 aliphatic carbocycles. The maximum Gasteiger partial charge on any atom is 0.427 e. The Morgan fingerprint density at radius 1 is 0.800 bits per heavy atom. The number of nitrogen functional groups attached to an aromatic ring is 1. The third kappa shape index (κ3) is 9.92. The van der Waals surface area contributed by atoms with Gasteiger partial charge in [-0.1, -0.05) is 0 Å². The second-order valence-electron chi connectivity index (χ2n) is 7.76. The van der Waals surface area contributed by atoms with Crippen LogP contribution >= 0.6 is 31.9 Å². The number of carbonyl (C=O) groups excluding carboxylic acids is 2. The molecule has 0 radical (unpaired) electrons. The Balaban J connectivity index is 0.000000467. The first-order chi connectivity index (χ1) is 13.7. The van der Waals surface area contributed by atoms with Crippen LogP contribution in [0, 0.1) is 0 Å². The number of hydrogen-bond acceptors (Lipinski definition) is 9. The lowest BCUT2D eigenvalue weighted by molar-refractivity contribution is 0.0427. The van der Waals surface area contributed by atoms with Gasteiger partial charge in [-0.2, -0.15) is 0 Å². The van der Waals surface area contributed by atoms with Crippen molar-refractivity contribution in [1.29, 1.82) is 0 Å². The smallest absolute Gasteiger partial charge is 0.427 e. The van der Waals surface area contributed by atoms with Crippen molar-refractivity contribution in [3.05, 3.63) is 33.7 Å². The molecule has 2 heterocycles. The highest BCUT2D eigenvalue weighted by Gasteiger charge is 2.34. The van der Waals surface area contributed by atoms with Gasteiger partial charge in [0.05, 0.1) is 8.95 Å². The van der Waals surface area contributed by atoms with Crippen LogP contribution in [0.2, 0.25) is 0 Å². The average Bonchev–Trinajstić information content (AvgIpc) is 2.57. The van der Waals surface area contributed by atoms with Crippen molar-refractivity contribution in [2.45, 2.75) is 52.7 Å². The number of aromatic nitrogens is 4. The molecule has 0 aliphatic rings. The molecule has 30 heavy (non-hydrogen) atoms. The highest BCUT2D eigenvalue weighted by Crippen LogP contribution is 2.19. The molecule has 0 unspecified atom stereocenters. The zero-order valence-corrected chi connectivity index (χ0v) is 20.7. The Hall–Kier alpha value is -2.34. The fourth-order valence-corrected chi connectivity index (χ4v) is 2.01. The van der Waals surface area contributed by atoms with Crippen molar-refractivity contribution >= 4 is 55.9 Å². The topological polar surface area (TPSA) is 133 Å². The van der Waals surface area contributed by atoms with E-state index < -0.39 is 23.4 Å². The average molecular weight is 548 g/mol. The van der Waals surface area contributed by atoms with Gasteiger partial charge >= 0.3 is 12.2 Å². The van der Waals surface area contributed by atoms with Crippen LogP contribution in [0.5, 0.6) is 0 Å². The summed E-state index contributed by atoms with van der Waals surface area (Å²) in [4.78, 5) is 40.5. The highest BCUT2D eigenvalue weighted by molar-refractivity contribution is 9.10. The Morgan fingerprint density at radius 2 is 1.13 bits per heavy atom. The summed E-state index contributed by atoms with van der Waals surface area (Å²) in [5.74, 6) is 0.180. The third-order valence-corrected chi connectivity index (χ3v) is 3.42. The molecule has 2 aromatic heterocycles. The molecule has 164 valence electrons. The van der Waals surface area contributed by atoms with Crippen LogP contribution in [0.15, 0.2) is 33.7 Å². The Bertz CT molecular complexity index is 800. The van der Waals surface area contributed by atoms with Gasteiger partial charge in [0.2, 0.25) is 11.9 Å². The van der Waals surface area contributed by atoms with Crippen molar-refractivity contribution in [1.82, 2.24) is 19.9 Å². The third-order valence-electron chi connectivity index (χ3n) is 2.60. The number of amides is 2. The van der Waals surface area contributed by atoms with Crippen LogP contribution in [0.3, 0.4) is 0 Å². The lowest BCUT2D eigenvalue weighted by atomic mass is 10.2. The lowest BCUT2D eigenvalue weighted by Gasteiger charge is -2.27. The molecule has 0 aliphatic heterocycles. The molecular formula is C18H24Br2N6O4. The summed E-state index contributed by atoms with van der Waals surface area (Å²) in [5.41, 5.74) is 3.64. The molecule has 0 aromatic carbocycles. The van der Waals surface area contributed by atoms with Crippen LogP contribution in [0.4, 0.5) is 21.5 Å². The summed E-state index contributed by atoms with van der Waals surface area (Å²) < 4.78 is 11.9. The zero-order valence-electron chi connectivity index (χ0n) is 17.5. The molecule has 10 nitrogen and oxygen atoms in total. The number of anilines is 2. The van der Waals surface area contributed by atoms with Gasteiger partial charge in [0.25, 0.3) is 0 Å². The predicted octanol–water partition coefficient (Wildman–Crippen LogP) is 4.74. The first kappa shape index (κ1) is 25.7. The van der Waals surface area contributed by atoms with Crippen molar-refractivity contribution in [3.63, 3.8) is 0 Å². The van der Waals surface area contributed by atoms with Gasteiger partial charge in [0, 0.05) is 24.8 Å². The minimum absolute atomic E-state index is 0.119. The largest absolute Gasteiger partial charge is 0.443 e. The predicted molar refractivity (Wildman–Crippen MR) is 119 cm³/mol. The number of hydrogen-bond donors (Lipinski definition) is 1. The highest BCUT2D eigenvalue weighted by atomic mass is 79.9. The molecule has 2 amide bonds. The van der Waals surface area contributed by atoms with Crippen molar-refractivity contribution in [2.75, 3.05) is 10.6 Å². The number of rotatable bonds is 1. The summed E-state index contributed by atoms with van der Waals surface area (Å²) >= 11 is 6.36. The van der Waals surface area contributed by atoms with E-state index >= 15 is 0 Å². The molecule has 2 N–H and O–H groups in total. The van der Waals surface area contributed by atoms with Gasteiger partial charge in [-0.05, 0) is 73.4 Å². The number of carbonyl (C=O) groups is 2. The quantitative estimate of drug-likeness (QED) is 0.537. The molecule has 0 atom stereocenters. The number of nitrogens with zero attached hydrogens (tertiary/aromatic N) is 5. The summed E-state index contributed by atoms with van der Waals surface area (Å²) in [7, 11) is 0. The normalized spacial score (nSPS) is 11.1. The van der Waals surface area contributed by atoms with E-state index in [0.717, 1.165) is 4.47 Å². The van der Waals surface area contributed by atoms with Crippen LogP contribution < -0.4 is 10.6 Å². The maximum atomic E-state index is 12.3. The Kier molecular flexibility index (Phi) is 9.09. The van der Waals surface area contributed by atoms with Gasteiger partial charge in [0.1, 0.15) is 11.2 Å². The molecule has 0 saturated heterocycles. The van der Waals surface area contributed by atoms with E-state index in [2.05, 4.69) is 51.8 Å². The van der Waals surface area contributed by atoms with E-state index in [4.69, 9.17) is 15.2 Å². The van der Waals surface area contributed by atoms with Crippen molar-refractivity contribution in [2.24, 2.45) is 0 Å². The summed E-state index contributed by atoms with van der Waals surface area (Å²) in [6.45, 7) is 10.2. The molecule has 2 rings (SSSR count). The second-order valence-corrected chi connectivity index (χ2v) is 9.59. The molecule has 0 saturated carbocycles. The molecule has 0 spiro atoms. The van der Waals surface area contributed by atoms with Crippen LogP contribution in [-0.4, -0.2) is 43.3 Å². The summed E-state index contributed by atoms with van der Waals surface area (Å²) in [6, 6.07) is 0. The summed E-state index contributed by atoms with van der Waals surface area (Å²) in [5, 5.41) is 0. The standard InChI is InChI=1S/C14H20BrN3O4.C4H4BrN3/c1-13(2,3)21-11(19)18(12(20)22-14(4,5)6)10-16-7-9(15)8-17-10;5-3-1-7-4(6)8-2-3/h7-8H,1-6H3;1-2H,(H2,6,7,8). The Morgan fingerprint density at radius 3 is 1.43 bits per heavy atom. The number of imide groups is 1. The minimum Gasteiger partial charge on any atom is -0.443 e. The van der Waals surface area contributed by atoms with E-state index in [1.165, 1.54) is 12.4 Å². The number of ether oxygens (including phenoxy) is 2. The first-order valence-corrected chi connectivity index (χ1v) is 10.2. The van der Waals surface area contributed by atoms with E-state index in [0.29, 0.717) is 15.3 Å². The lowest BCUT2D eigenvalue weighted by Crippen LogP contribution is -2.44. The fraction of sp³-hybridized carbons (Fsp3) is 0.444. The van der Waals surface area contributed by atoms with Crippen LogP contribution in [0.1, 0.15) is 41.5 Å². The molecule has 0 fully saturated rings. The SMILES string of the molecule is CC(C)(C)OC(=O)N(C(=O)OC(C)(C)C)c1ncc(Br)cn1.Nc1ncc(Br)cn1. The van der Waals surface area contributed by atoms with Gasteiger partial charge in [0.15, 0.2) is 0 Å². The van der Waals surface area contributed by atoms with Crippen LogP contribution in [-0.2, 0) is 9.47 Å².